The smallest absolute Gasteiger partial charge is 0.197 e. The van der Waals surface area contributed by atoms with E-state index < -0.39 is 10.0 Å². The first kappa shape index (κ1) is 26.8. The number of rotatable bonds is 15. The van der Waals surface area contributed by atoms with Gasteiger partial charge in [0.25, 0.3) is 0 Å². The van der Waals surface area contributed by atoms with Gasteiger partial charge in [-0.2, -0.15) is 0 Å². The normalized spacial score (nSPS) is 11.6. The van der Waals surface area contributed by atoms with Gasteiger partial charge in [0.15, 0.2) is 5.78 Å². The molecule has 0 saturated heterocycles. The summed E-state index contributed by atoms with van der Waals surface area (Å²) in [4.78, 5) is 13.5. The van der Waals surface area contributed by atoms with Gasteiger partial charge in [-0.3, -0.25) is 4.79 Å². The molecule has 0 bridgehead atoms. The zero-order chi connectivity index (χ0) is 25.3. The van der Waals surface area contributed by atoms with Crippen LogP contribution < -0.4 is 10.1 Å². The molecule has 1 aromatic heterocycles. The van der Waals surface area contributed by atoms with Gasteiger partial charge in [-0.15, -0.1) is 5.69 Å². The van der Waals surface area contributed by atoms with Crippen LogP contribution in [0.2, 0.25) is 0 Å². The van der Waals surface area contributed by atoms with E-state index in [1.165, 1.54) is 12.8 Å². The largest absolute Gasteiger partial charge is 0.577 e. The van der Waals surface area contributed by atoms with Crippen molar-refractivity contribution in [2.75, 3.05) is 26.0 Å². The Morgan fingerprint density at radius 2 is 1.71 bits per heavy atom. The zero-order valence-electron chi connectivity index (χ0n) is 20.8. The molecule has 2 aromatic carbocycles. The van der Waals surface area contributed by atoms with Gasteiger partial charge < -0.3 is 19.2 Å². The molecule has 0 radical (unpaired) electrons. The first-order valence-electron chi connectivity index (χ1n) is 12.3. The molecule has 0 unspecified atom stereocenters. The minimum atomic E-state index is -3.57. The summed E-state index contributed by atoms with van der Waals surface area (Å²) in [5.74, 6) is 1.16. The lowest BCUT2D eigenvalue weighted by atomic mass is 9.98. The number of ether oxygens (including phenoxy) is 1. The molecule has 0 aliphatic carbocycles. The molecule has 0 atom stereocenters. The number of benzene rings is 2. The maximum Gasteiger partial charge on any atom is 0.197 e. The number of hydrogen-bond donors (Lipinski definition) is 1. The number of carbonyl (C=O) groups is 1. The molecular formula is C27H35N2O5S-. The lowest BCUT2D eigenvalue weighted by Crippen LogP contribution is -2.18. The van der Waals surface area contributed by atoms with Crippen LogP contribution in [0.1, 0.15) is 67.6 Å². The lowest BCUT2D eigenvalue weighted by Gasteiger charge is -2.18. The van der Waals surface area contributed by atoms with Crippen LogP contribution >= 0.6 is 0 Å². The Kier molecular flexibility index (Phi) is 9.74. The van der Waals surface area contributed by atoms with Crippen LogP contribution in [0.4, 0.5) is 5.69 Å². The number of ketones is 1. The summed E-state index contributed by atoms with van der Waals surface area (Å²) in [6.07, 6.45) is 6.76. The highest BCUT2D eigenvalue weighted by molar-refractivity contribution is 7.93. The molecule has 1 N–H and O–H groups in total. The number of carbonyl (C=O) groups excluding carboxylic acids is 1. The third-order valence-electron chi connectivity index (χ3n) is 5.59. The minimum absolute atomic E-state index is 0.168. The third kappa shape index (κ3) is 7.83. The van der Waals surface area contributed by atoms with Gasteiger partial charge in [0.2, 0.25) is 0 Å². The van der Waals surface area contributed by atoms with E-state index in [0.29, 0.717) is 46.6 Å². The van der Waals surface area contributed by atoms with Crippen molar-refractivity contribution in [3.05, 3.63) is 64.1 Å². The van der Waals surface area contributed by atoms with Crippen molar-refractivity contribution < 1.29 is 22.4 Å². The highest BCUT2D eigenvalue weighted by Crippen LogP contribution is 2.34. The Balaban J connectivity index is 1.77. The molecule has 1 heterocycles. The Hall–Kier alpha value is -2.84. The molecule has 7 nitrogen and oxygen atoms in total. The standard InChI is InChI=1S/C27H35N2O5S/c1-4-6-9-25-26(23-19-21(29-35(3,31)32)12-15-24(23)34-25)27(30)20-10-13-22(14-11-20)33-18-8-17-28-16-7-5-2/h10-15,19,28H,4-9,16-18H2,1-3H3/q-1. The number of furan rings is 1. The SMILES string of the molecule is CCCCNCCCOc1ccc(C(=O)c2c(CCCC)oc3ccc([N-]S(C)(=O)=O)cc23)cc1. The topological polar surface area (TPSA) is 99.7 Å². The second-order valence-corrected chi connectivity index (χ2v) is 10.3. The van der Waals surface area contributed by atoms with Crippen LogP contribution in [0, 0.1) is 0 Å². The highest BCUT2D eigenvalue weighted by Gasteiger charge is 2.22. The van der Waals surface area contributed by atoms with Crippen molar-refractivity contribution in [1.82, 2.24) is 5.32 Å². The van der Waals surface area contributed by atoms with Crippen LogP contribution in [-0.2, 0) is 16.4 Å². The number of nitrogens with one attached hydrogen (secondary N) is 1. The van der Waals surface area contributed by atoms with Crippen molar-refractivity contribution in [2.24, 2.45) is 0 Å². The molecule has 0 amide bonds. The van der Waals surface area contributed by atoms with Gasteiger partial charge >= 0.3 is 0 Å². The number of nitrogens with zero attached hydrogens (tertiary/aromatic N) is 1. The van der Waals surface area contributed by atoms with Crippen LogP contribution in [-0.4, -0.2) is 40.2 Å². The molecule has 0 saturated carbocycles. The maximum absolute atomic E-state index is 13.5. The van der Waals surface area contributed by atoms with E-state index in [2.05, 4.69) is 23.9 Å². The van der Waals surface area contributed by atoms with E-state index in [0.717, 1.165) is 38.6 Å². The van der Waals surface area contributed by atoms with Crippen molar-refractivity contribution in [2.45, 2.75) is 52.4 Å². The number of aryl methyl sites for hydroxylation is 1. The van der Waals surface area contributed by atoms with Crippen LogP contribution in [0.25, 0.3) is 15.7 Å². The van der Waals surface area contributed by atoms with Gasteiger partial charge in [0.1, 0.15) is 17.1 Å². The van der Waals surface area contributed by atoms with Gasteiger partial charge in [-0.25, -0.2) is 8.42 Å². The van der Waals surface area contributed by atoms with Crippen LogP contribution in [0.15, 0.2) is 46.9 Å². The zero-order valence-corrected chi connectivity index (χ0v) is 21.6. The molecule has 3 aromatic rings. The Labute approximate surface area is 208 Å². The molecular weight excluding hydrogens is 464 g/mol. The van der Waals surface area contributed by atoms with E-state index in [4.69, 9.17) is 9.15 Å². The molecule has 35 heavy (non-hydrogen) atoms. The minimum Gasteiger partial charge on any atom is -0.577 e. The quantitative estimate of drug-likeness (QED) is 0.199. The van der Waals surface area contributed by atoms with Gasteiger partial charge in [-0.05, 0) is 62.7 Å². The van der Waals surface area contributed by atoms with Gasteiger partial charge in [-0.1, -0.05) is 38.8 Å². The third-order valence-corrected chi connectivity index (χ3v) is 6.13. The van der Waals surface area contributed by atoms with Crippen molar-refractivity contribution in [3.63, 3.8) is 0 Å². The summed E-state index contributed by atoms with van der Waals surface area (Å²) < 4.78 is 38.8. The summed E-state index contributed by atoms with van der Waals surface area (Å²) in [6, 6.07) is 12.0. The maximum atomic E-state index is 13.5. The fraction of sp³-hybridized carbons (Fsp3) is 0.444. The first-order valence-corrected chi connectivity index (χ1v) is 14.1. The Morgan fingerprint density at radius 1 is 1.00 bits per heavy atom. The molecule has 190 valence electrons. The monoisotopic (exact) mass is 499 g/mol. The summed E-state index contributed by atoms with van der Waals surface area (Å²) in [5, 5.41) is 3.96. The van der Waals surface area contributed by atoms with Crippen LogP contribution in [0.5, 0.6) is 5.75 Å². The molecule has 0 aliphatic rings. The second-order valence-electron chi connectivity index (χ2n) is 8.67. The van der Waals surface area contributed by atoms with E-state index in [9.17, 15) is 13.2 Å². The molecule has 3 rings (SSSR count). The highest BCUT2D eigenvalue weighted by atomic mass is 32.2. The average molecular weight is 500 g/mol. The lowest BCUT2D eigenvalue weighted by molar-refractivity contribution is 0.103. The fourth-order valence-corrected chi connectivity index (χ4v) is 4.30. The molecule has 0 aliphatic heterocycles. The average Bonchev–Trinajstić information content (AvgIpc) is 3.18. The molecule has 8 heteroatoms. The Bertz CT molecular complexity index is 1220. The van der Waals surface area contributed by atoms with E-state index >= 15 is 0 Å². The Morgan fingerprint density at radius 3 is 2.40 bits per heavy atom. The predicted molar refractivity (Wildman–Crippen MR) is 140 cm³/mol. The number of fused-ring (bicyclic) bond motifs is 1. The fourth-order valence-electron chi connectivity index (χ4n) is 3.81. The van der Waals surface area contributed by atoms with E-state index in [1.54, 1.807) is 42.5 Å². The summed E-state index contributed by atoms with van der Waals surface area (Å²) >= 11 is 0. The van der Waals surface area contributed by atoms with Crippen molar-refractivity contribution >= 4 is 32.5 Å². The molecule has 0 fully saturated rings. The predicted octanol–water partition coefficient (Wildman–Crippen LogP) is 6.13. The van der Waals surface area contributed by atoms with Crippen molar-refractivity contribution in [1.29, 1.82) is 0 Å². The van der Waals surface area contributed by atoms with Crippen molar-refractivity contribution in [3.8, 4) is 5.75 Å². The summed E-state index contributed by atoms with van der Waals surface area (Å²) in [7, 11) is -3.57. The number of hydrogen-bond acceptors (Lipinski definition) is 6. The summed E-state index contributed by atoms with van der Waals surface area (Å²) in [5.41, 5.74) is 1.79. The molecule has 0 spiro atoms. The number of unbranched alkanes of at least 4 members (excludes halogenated alkanes) is 2. The van der Waals surface area contributed by atoms with Gasteiger partial charge in [0.05, 0.1) is 22.2 Å². The van der Waals surface area contributed by atoms with Crippen LogP contribution in [0.3, 0.4) is 0 Å². The van der Waals surface area contributed by atoms with E-state index in [-0.39, 0.29) is 11.5 Å². The summed E-state index contributed by atoms with van der Waals surface area (Å²) in [6.45, 7) is 6.80. The second kappa shape index (κ2) is 12.7. The first-order chi connectivity index (χ1) is 16.8. The van der Waals surface area contributed by atoms with E-state index in [1.807, 2.05) is 0 Å². The van der Waals surface area contributed by atoms with Gasteiger partial charge in [0, 0.05) is 23.6 Å². The number of sulfonamides is 1.